The zero-order valence-electron chi connectivity index (χ0n) is 13.6. The molecule has 24 heavy (non-hydrogen) atoms. The van der Waals surface area contributed by atoms with Crippen LogP contribution in [-0.4, -0.2) is 26.1 Å². The molecule has 1 aliphatic heterocycles. The van der Waals surface area contributed by atoms with Gasteiger partial charge in [-0.25, -0.2) is 8.42 Å². The molecule has 1 atom stereocenters. The van der Waals surface area contributed by atoms with E-state index in [9.17, 15) is 13.2 Å². The standard InChI is InChI=1S/C19H19NO3S/c1-14-6-8-17(9-7-14)20(18-10-11-24(22,23)13-18)19(21)16-5-3-4-15(2)12-16/h3-12,18H,13H2,1-2H3. The van der Waals surface area contributed by atoms with Crippen LogP contribution in [0.25, 0.3) is 0 Å². The monoisotopic (exact) mass is 341 g/mol. The second-order valence-electron chi connectivity index (χ2n) is 6.11. The number of carbonyl (C=O) groups excluding carboxylic acids is 1. The van der Waals surface area contributed by atoms with Crippen LogP contribution in [0, 0.1) is 13.8 Å². The average Bonchev–Trinajstić information content (AvgIpc) is 2.89. The normalized spacial score (nSPS) is 18.5. The minimum atomic E-state index is -3.25. The molecule has 0 bridgehead atoms. The van der Waals surface area contributed by atoms with Crippen molar-refractivity contribution in [1.82, 2.24) is 0 Å². The zero-order valence-corrected chi connectivity index (χ0v) is 14.5. The maximum atomic E-state index is 13.1. The molecule has 3 rings (SSSR count). The number of hydrogen-bond acceptors (Lipinski definition) is 3. The lowest BCUT2D eigenvalue weighted by atomic mass is 10.1. The molecule has 0 aliphatic carbocycles. The van der Waals surface area contributed by atoms with E-state index in [1.165, 1.54) is 5.41 Å². The molecule has 1 heterocycles. The van der Waals surface area contributed by atoms with E-state index in [2.05, 4.69) is 0 Å². The van der Waals surface area contributed by atoms with Crippen LogP contribution in [0.1, 0.15) is 21.5 Å². The van der Waals surface area contributed by atoms with Gasteiger partial charge in [-0.2, -0.15) is 0 Å². The van der Waals surface area contributed by atoms with Crippen molar-refractivity contribution in [2.75, 3.05) is 10.7 Å². The fourth-order valence-electron chi connectivity index (χ4n) is 2.80. The van der Waals surface area contributed by atoms with Crippen LogP contribution in [0.5, 0.6) is 0 Å². The minimum absolute atomic E-state index is 0.0849. The maximum absolute atomic E-state index is 13.1. The lowest BCUT2D eigenvalue weighted by Crippen LogP contribution is -2.41. The van der Waals surface area contributed by atoms with Crippen molar-refractivity contribution >= 4 is 21.4 Å². The molecule has 1 amide bonds. The van der Waals surface area contributed by atoms with Gasteiger partial charge in [-0.15, -0.1) is 0 Å². The number of hydrogen-bond donors (Lipinski definition) is 0. The summed E-state index contributed by atoms with van der Waals surface area (Å²) in [5.41, 5.74) is 3.31. The summed E-state index contributed by atoms with van der Waals surface area (Å²) in [6.07, 6.45) is 1.59. The van der Waals surface area contributed by atoms with Crippen molar-refractivity contribution in [3.8, 4) is 0 Å². The number of carbonyl (C=O) groups is 1. The van der Waals surface area contributed by atoms with Crippen LogP contribution < -0.4 is 4.90 Å². The van der Waals surface area contributed by atoms with E-state index in [1.54, 1.807) is 17.0 Å². The lowest BCUT2D eigenvalue weighted by molar-refractivity contribution is 0.0983. The first kappa shape index (κ1) is 16.5. The summed E-state index contributed by atoms with van der Waals surface area (Å²) in [5, 5.41) is 1.20. The molecule has 4 nitrogen and oxygen atoms in total. The molecule has 0 fully saturated rings. The Morgan fingerprint density at radius 1 is 1.04 bits per heavy atom. The first-order valence-corrected chi connectivity index (χ1v) is 9.45. The van der Waals surface area contributed by atoms with E-state index in [4.69, 9.17) is 0 Å². The molecule has 2 aromatic carbocycles. The number of nitrogens with zero attached hydrogens (tertiary/aromatic N) is 1. The van der Waals surface area contributed by atoms with Crippen LogP contribution in [0.2, 0.25) is 0 Å². The van der Waals surface area contributed by atoms with Gasteiger partial charge in [0, 0.05) is 16.7 Å². The Bertz CT molecular complexity index is 898. The highest BCUT2D eigenvalue weighted by atomic mass is 32.2. The van der Waals surface area contributed by atoms with Crippen molar-refractivity contribution < 1.29 is 13.2 Å². The molecule has 0 aromatic heterocycles. The van der Waals surface area contributed by atoms with Crippen LogP contribution in [0.4, 0.5) is 5.69 Å². The summed E-state index contributed by atoms with van der Waals surface area (Å²) in [4.78, 5) is 14.6. The van der Waals surface area contributed by atoms with Gasteiger partial charge in [-0.1, -0.05) is 35.4 Å². The summed E-state index contributed by atoms with van der Waals surface area (Å²) < 4.78 is 23.6. The number of amides is 1. The predicted octanol–water partition coefficient (Wildman–Crippen LogP) is 3.26. The quantitative estimate of drug-likeness (QED) is 0.861. The first-order chi connectivity index (χ1) is 11.4. The van der Waals surface area contributed by atoms with Gasteiger partial charge in [0.2, 0.25) is 0 Å². The van der Waals surface area contributed by atoms with Crippen LogP contribution in [0.15, 0.2) is 60.0 Å². The highest BCUT2D eigenvalue weighted by Gasteiger charge is 2.31. The molecule has 5 heteroatoms. The third kappa shape index (κ3) is 3.41. The highest BCUT2D eigenvalue weighted by Crippen LogP contribution is 2.25. The predicted molar refractivity (Wildman–Crippen MR) is 95.9 cm³/mol. The average molecular weight is 341 g/mol. The van der Waals surface area contributed by atoms with E-state index in [1.807, 2.05) is 56.3 Å². The summed E-state index contributed by atoms with van der Waals surface area (Å²) in [5.74, 6) is -0.285. The van der Waals surface area contributed by atoms with Gasteiger partial charge in [0.1, 0.15) is 0 Å². The third-order valence-corrected chi connectivity index (χ3v) is 5.42. The Hall–Kier alpha value is -2.40. The highest BCUT2D eigenvalue weighted by molar-refractivity contribution is 7.94. The van der Waals surface area contributed by atoms with E-state index in [0.717, 1.165) is 11.1 Å². The molecule has 1 aliphatic rings. The smallest absolute Gasteiger partial charge is 0.258 e. The van der Waals surface area contributed by atoms with Gasteiger partial charge >= 0.3 is 0 Å². The molecule has 2 aromatic rings. The van der Waals surface area contributed by atoms with E-state index in [0.29, 0.717) is 11.3 Å². The largest absolute Gasteiger partial charge is 0.300 e. The second kappa shape index (κ2) is 6.24. The Morgan fingerprint density at radius 3 is 2.33 bits per heavy atom. The van der Waals surface area contributed by atoms with Crippen molar-refractivity contribution in [2.45, 2.75) is 19.9 Å². The van der Waals surface area contributed by atoms with Gasteiger partial charge in [-0.05, 0) is 44.2 Å². The van der Waals surface area contributed by atoms with Gasteiger partial charge < -0.3 is 4.90 Å². The van der Waals surface area contributed by atoms with Crippen LogP contribution in [0.3, 0.4) is 0 Å². The molecule has 0 saturated heterocycles. The number of benzene rings is 2. The van der Waals surface area contributed by atoms with E-state index >= 15 is 0 Å². The molecule has 0 N–H and O–H groups in total. The molecule has 124 valence electrons. The Kier molecular flexibility index (Phi) is 4.28. The molecule has 1 unspecified atom stereocenters. The van der Waals surface area contributed by atoms with E-state index < -0.39 is 15.9 Å². The maximum Gasteiger partial charge on any atom is 0.258 e. The SMILES string of the molecule is Cc1ccc(N(C(=O)c2cccc(C)c2)C2C=CS(=O)(=O)C2)cc1. The summed E-state index contributed by atoms with van der Waals surface area (Å²) in [6.45, 7) is 3.89. The van der Waals surface area contributed by atoms with Gasteiger partial charge in [0.05, 0.1) is 11.8 Å². The Balaban J connectivity index is 2.03. The summed E-state index contributed by atoms with van der Waals surface area (Å²) in [7, 11) is -3.25. The molecule has 0 radical (unpaired) electrons. The van der Waals surface area contributed by atoms with Crippen molar-refractivity contribution in [3.63, 3.8) is 0 Å². The second-order valence-corrected chi connectivity index (χ2v) is 8.04. The topological polar surface area (TPSA) is 54.5 Å². The van der Waals surface area contributed by atoms with Crippen molar-refractivity contribution in [2.24, 2.45) is 0 Å². The van der Waals surface area contributed by atoms with Gasteiger partial charge in [0.15, 0.2) is 9.84 Å². The Labute approximate surface area is 142 Å². The summed E-state index contributed by atoms with van der Waals surface area (Å²) >= 11 is 0. The number of anilines is 1. The third-order valence-electron chi connectivity index (χ3n) is 4.04. The molecule has 0 saturated carbocycles. The van der Waals surface area contributed by atoms with Gasteiger partial charge in [0.25, 0.3) is 5.91 Å². The number of aryl methyl sites for hydroxylation is 2. The van der Waals surface area contributed by atoms with Crippen LogP contribution >= 0.6 is 0 Å². The number of sulfone groups is 1. The minimum Gasteiger partial charge on any atom is -0.300 e. The molecule has 0 spiro atoms. The van der Waals surface area contributed by atoms with Crippen molar-refractivity contribution in [3.05, 3.63) is 76.7 Å². The molecular weight excluding hydrogens is 322 g/mol. The van der Waals surface area contributed by atoms with Crippen molar-refractivity contribution in [1.29, 1.82) is 0 Å². The fourth-order valence-corrected chi connectivity index (χ4v) is 4.07. The van der Waals surface area contributed by atoms with E-state index in [-0.39, 0.29) is 11.7 Å². The fraction of sp³-hybridized carbons (Fsp3) is 0.211. The zero-order chi connectivity index (χ0) is 17.3. The molecular formula is C19H19NO3S. The Morgan fingerprint density at radius 2 is 1.75 bits per heavy atom. The van der Waals surface area contributed by atoms with Crippen LogP contribution in [-0.2, 0) is 9.84 Å². The first-order valence-electron chi connectivity index (χ1n) is 7.73. The summed E-state index contributed by atoms with van der Waals surface area (Å²) in [6, 6.07) is 14.4. The number of rotatable bonds is 3. The lowest BCUT2D eigenvalue weighted by Gasteiger charge is -2.28. The van der Waals surface area contributed by atoms with Gasteiger partial charge in [-0.3, -0.25) is 4.79 Å².